The molecule has 0 radical (unpaired) electrons. The van der Waals surface area contributed by atoms with Crippen LogP contribution in [0.25, 0.3) is 0 Å². The Labute approximate surface area is 184 Å². The highest BCUT2D eigenvalue weighted by molar-refractivity contribution is 6.31. The number of ether oxygens (including phenoxy) is 1. The van der Waals surface area contributed by atoms with E-state index < -0.39 is 6.04 Å². The zero-order valence-corrected chi connectivity index (χ0v) is 17.4. The zero-order valence-electron chi connectivity index (χ0n) is 15.8. The second-order valence-electron chi connectivity index (χ2n) is 6.86. The molecule has 1 N–H and O–H groups in total. The molecule has 0 fully saturated rings. The van der Waals surface area contributed by atoms with E-state index in [9.17, 15) is 9.59 Å². The highest BCUT2D eigenvalue weighted by Gasteiger charge is 2.33. The molecular formula is C23H18Cl2N2O3. The number of anilines is 1. The first-order chi connectivity index (χ1) is 14.5. The van der Waals surface area contributed by atoms with E-state index in [0.29, 0.717) is 21.5 Å². The number of amides is 2. The number of rotatable bonds is 4. The maximum atomic E-state index is 13.2. The summed E-state index contributed by atoms with van der Waals surface area (Å²) in [5.41, 5.74) is 2.25. The quantitative estimate of drug-likeness (QED) is 0.624. The maximum absolute atomic E-state index is 13.2. The van der Waals surface area contributed by atoms with Crippen molar-refractivity contribution in [1.82, 2.24) is 4.90 Å². The van der Waals surface area contributed by atoms with E-state index in [0.717, 1.165) is 11.1 Å². The number of nitrogens with one attached hydrogen (secondary N) is 1. The molecule has 0 saturated carbocycles. The van der Waals surface area contributed by atoms with Crippen molar-refractivity contribution in [2.24, 2.45) is 0 Å². The summed E-state index contributed by atoms with van der Waals surface area (Å²) in [5, 5.41) is 3.97. The van der Waals surface area contributed by atoms with Crippen LogP contribution in [-0.2, 0) is 9.59 Å². The summed E-state index contributed by atoms with van der Waals surface area (Å²) in [6.07, 6.45) is 0. The third-order valence-electron chi connectivity index (χ3n) is 4.82. The fraction of sp³-hybridized carbons (Fsp3) is 0.130. The van der Waals surface area contributed by atoms with Gasteiger partial charge in [0, 0.05) is 21.3 Å². The van der Waals surface area contributed by atoms with E-state index >= 15 is 0 Å². The van der Waals surface area contributed by atoms with Crippen molar-refractivity contribution in [2.45, 2.75) is 6.04 Å². The van der Waals surface area contributed by atoms with Crippen LogP contribution in [0.4, 0.5) is 5.69 Å². The van der Waals surface area contributed by atoms with Gasteiger partial charge in [-0.2, -0.15) is 0 Å². The average Bonchev–Trinajstić information content (AvgIpc) is 2.89. The molecule has 7 heteroatoms. The van der Waals surface area contributed by atoms with E-state index in [1.54, 1.807) is 42.5 Å². The third kappa shape index (κ3) is 4.42. The van der Waals surface area contributed by atoms with Gasteiger partial charge in [0.15, 0.2) is 6.61 Å². The number of hydrogen-bond acceptors (Lipinski definition) is 3. The van der Waals surface area contributed by atoms with Gasteiger partial charge in [0.2, 0.25) is 5.91 Å². The SMILES string of the molecule is O=C1CN(C(=O)COc2ccc(Cl)cc2)C(c2ccccc2)c2cc(Cl)ccc2N1. The first-order valence-electron chi connectivity index (χ1n) is 9.33. The number of fused-ring (bicyclic) bond motifs is 1. The smallest absolute Gasteiger partial charge is 0.261 e. The first-order valence-corrected chi connectivity index (χ1v) is 10.1. The van der Waals surface area contributed by atoms with Gasteiger partial charge in [0.1, 0.15) is 12.3 Å². The number of nitrogens with zero attached hydrogens (tertiary/aromatic N) is 1. The standard InChI is InChI=1S/C23H18Cl2N2O3/c24-16-6-9-18(10-7-16)30-14-22(29)27-13-21(28)26-20-11-8-17(25)12-19(20)23(27)15-4-2-1-3-5-15/h1-12,23H,13-14H2,(H,26,28). The molecule has 0 saturated heterocycles. The summed E-state index contributed by atoms with van der Waals surface area (Å²) in [6, 6.07) is 21.0. The van der Waals surface area contributed by atoms with Crippen LogP contribution in [0.2, 0.25) is 10.0 Å². The molecule has 5 nitrogen and oxygen atoms in total. The Morgan fingerprint density at radius 1 is 1.00 bits per heavy atom. The van der Waals surface area contributed by atoms with Gasteiger partial charge < -0.3 is 15.0 Å². The molecule has 152 valence electrons. The van der Waals surface area contributed by atoms with Crippen molar-refractivity contribution >= 4 is 40.7 Å². The normalized spacial score (nSPS) is 15.7. The third-order valence-corrected chi connectivity index (χ3v) is 5.31. The Balaban J connectivity index is 1.69. The van der Waals surface area contributed by atoms with Crippen LogP contribution >= 0.6 is 23.2 Å². The van der Waals surface area contributed by atoms with Crippen molar-refractivity contribution in [3.05, 3.63) is 94.0 Å². The molecule has 3 aromatic carbocycles. The summed E-state index contributed by atoms with van der Waals surface area (Å²) >= 11 is 12.1. The monoisotopic (exact) mass is 440 g/mol. The number of carbonyl (C=O) groups is 2. The molecule has 1 atom stereocenters. The average molecular weight is 441 g/mol. The van der Waals surface area contributed by atoms with Gasteiger partial charge in [-0.05, 0) is 48.0 Å². The molecule has 1 aliphatic heterocycles. The minimum absolute atomic E-state index is 0.103. The summed E-state index contributed by atoms with van der Waals surface area (Å²) in [4.78, 5) is 27.2. The highest BCUT2D eigenvalue weighted by atomic mass is 35.5. The maximum Gasteiger partial charge on any atom is 0.261 e. The van der Waals surface area contributed by atoms with E-state index in [4.69, 9.17) is 27.9 Å². The van der Waals surface area contributed by atoms with Gasteiger partial charge in [-0.3, -0.25) is 9.59 Å². The lowest BCUT2D eigenvalue weighted by atomic mass is 9.96. The molecule has 30 heavy (non-hydrogen) atoms. The lowest BCUT2D eigenvalue weighted by Crippen LogP contribution is -2.41. The van der Waals surface area contributed by atoms with Gasteiger partial charge >= 0.3 is 0 Å². The van der Waals surface area contributed by atoms with Crippen molar-refractivity contribution < 1.29 is 14.3 Å². The molecule has 1 unspecified atom stereocenters. The Morgan fingerprint density at radius 2 is 1.70 bits per heavy atom. The van der Waals surface area contributed by atoms with Crippen molar-refractivity contribution in [1.29, 1.82) is 0 Å². The number of hydrogen-bond donors (Lipinski definition) is 1. The Kier molecular flexibility index (Phi) is 5.93. The summed E-state index contributed by atoms with van der Waals surface area (Å²) in [7, 11) is 0. The van der Waals surface area contributed by atoms with Gasteiger partial charge in [0.25, 0.3) is 5.91 Å². The molecule has 4 rings (SSSR count). The van der Waals surface area contributed by atoms with Crippen LogP contribution in [0.15, 0.2) is 72.8 Å². The minimum atomic E-state index is -0.486. The molecular weight excluding hydrogens is 423 g/mol. The van der Waals surface area contributed by atoms with Crippen molar-refractivity contribution in [3.63, 3.8) is 0 Å². The molecule has 0 aliphatic carbocycles. The van der Waals surface area contributed by atoms with Crippen molar-refractivity contribution in [2.75, 3.05) is 18.5 Å². The van der Waals surface area contributed by atoms with Gasteiger partial charge in [-0.15, -0.1) is 0 Å². The van der Waals surface area contributed by atoms with Gasteiger partial charge in [-0.25, -0.2) is 0 Å². The van der Waals surface area contributed by atoms with Crippen LogP contribution in [-0.4, -0.2) is 29.9 Å². The Morgan fingerprint density at radius 3 is 2.43 bits per heavy atom. The lowest BCUT2D eigenvalue weighted by molar-refractivity contribution is -0.138. The fourth-order valence-corrected chi connectivity index (χ4v) is 3.77. The molecule has 0 aromatic heterocycles. The Hall–Kier alpha value is -3.02. The second-order valence-corrected chi connectivity index (χ2v) is 7.73. The number of benzene rings is 3. The molecule has 1 aliphatic rings. The number of carbonyl (C=O) groups excluding carboxylic acids is 2. The number of halogens is 2. The van der Waals surface area contributed by atoms with Crippen LogP contribution in [0.1, 0.15) is 17.2 Å². The molecule has 2 amide bonds. The zero-order chi connectivity index (χ0) is 21.1. The summed E-state index contributed by atoms with van der Waals surface area (Å²) in [5.74, 6) is -0.0784. The van der Waals surface area contributed by atoms with Crippen LogP contribution in [0.5, 0.6) is 5.75 Å². The van der Waals surface area contributed by atoms with Gasteiger partial charge in [0.05, 0.1) is 6.04 Å². The minimum Gasteiger partial charge on any atom is -0.484 e. The van der Waals surface area contributed by atoms with E-state index in [1.807, 2.05) is 30.3 Å². The van der Waals surface area contributed by atoms with Crippen LogP contribution in [0.3, 0.4) is 0 Å². The summed E-state index contributed by atoms with van der Waals surface area (Å²) in [6.45, 7) is -0.317. The van der Waals surface area contributed by atoms with Gasteiger partial charge in [-0.1, -0.05) is 53.5 Å². The fourth-order valence-electron chi connectivity index (χ4n) is 3.46. The topological polar surface area (TPSA) is 58.6 Å². The van der Waals surface area contributed by atoms with E-state index in [1.165, 1.54) is 4.90 Å². The summed E-state index contributed by atoms with van der Waals surface area (Å²) < 4.78 is 5.64. The lowest BCUT2D eigenvalue weighted by Gasteiger charge is -2.30. The largest absolute Gasteiger partial charge is 0.484 e. The molecule has 0 bridgehead atoms. The van der Waals surface area contributed by atoms with Crippen LogP contribution < -0.4 is 10.1 Å². The van der Waals surface area contributed by atoms with E-state index in [-0.39, 0.29) is 25.0 Å². The second kappa shape index (κ2) is 8.78. The van der Waals surface area contributed by atoms with Crippen LogP contribution in [0, 0.1) is 0 Å². The predicted octanol–water partition coefficient (Wildman–Crippen LogP) is 4.94. The highest BCUT2D eigenvalue weighted by Crippen LogP contribution is 2.37. The molecule has 1 heterocycles. The van der Waals surface area contributed by atoms with Crippen molar-refractivity contribution in [3.8, 4) is 5.75 Å². The first kappa shape index (κ1) is 20.3. The molecule has 0 spiro atoms. The predicted molar refractivity (Wildman–Crippen MR) is 117 cm³/mol. The molecule has 3 aromatic rings. The Bertz CT molecular complexity index is 1070. The van der Waals surface area contributed by atoms with E-state index in [2.05, 4.69) is 5.32 Å².